The first-order valence-electron chi connectivity index (χ1n) is 8.39. The van der Waals surface area contributed by atoms with Crippen LogP contribution in [0.3, 0.4) is 0 Å². The van der Waals surface area contributed by atoms with Gasteiger partial charge in [-0.05, 0) is 43.2 Å². The first kappa shape index (κ1) is 18.1. The van der Waals surface area contributed by atoms with E-state index in [0.29, 0.717) is 5.82 Å². The molecule has 1 saturated carbocycles. The summed E-state index contributed by atoms with van der Waals surface area (Å²) in [5, 5.41) is 0. The molecule has 3 N–H and O–H groups in total. The van der Waals surface area contributed by atoms with Crippen LogP contribution in [-0.4, -0.2) is 32.8 Å². The number of benzene rings is 2. The Morgan fingerprint density at radius 3 is 2.37 bits per heavy atom. The molecule has 142 valence electrons. The van der Waals surface area contributed by atoms with Gasteiger partial charge in [0.15, 0.2) is 0 Å². The van der Waals surface area contributed by atoms with Crippen molar-refractivity contribution in [1.82, 2.24) is 19.4 Å². The van der Waals surface area contributed by atoms with Crippen molar-refractivity contribution in [2.75, 3.05) is 0 Å². The maximum atomic E-state index is 12.6. The van der Waals surface area contributed by atoms with Gasteiger partial charge < -0.3 is 4.98 Å². The Kier molecular flexibility index (Phi) is 4.50. The van der Waals surface area contributed by atoms with E-state index >= 15 is 0 Å². The number of para-hydroxylation sites is 2. The molecule has 0 unspecified atom stereocenters. The van der Waals surface area contributed by atoms with Crippen LogP contribution < -0.4 is 9.44 Å². The standard InChI is InChI=1S/C17H18N4O4S2/c22-26(23,18-11-17-19-15-6-1-2-7-16(15)20-17)13-4-3-5-14(10-13)27(24,25)21-12-8-9-12/h1-7,10,12,18,21H,8-9,11H2,(H,19,20). The Morgan fingerprint density at radius 1 is 0.963 bits per heavy atom. The number of hydrogen-bond acceptors (Lipinski definition) is 5. The lowest BCUT2D eigenvalue weighted by atomic mass is 10.3. The zero-order valence-corrected chi connectivity index (χ0v) is 15.8. The van der Waals surface area contributed by atoms with Crippen LogP contribution in [0.25, 0.3) is 11.0 Å². The highest BCUT2D eigenvalue weighted by Gasteiger charge is 2.28. The highest BCUT2D eigenvalue weighted by atomic mass is 32.2. The molecule has 27 heavy (non-hydrogen) atoms. The molecule has 8 nitrogen and oxygen atoms in total. The number of aromatic amines is 1. The third-order valence-electron chi connectivity index (χ3n) is 4.19. The molecule has 2 aromatic carbocycles. The van der Waals surface area contributed by atoms with E-state index in [9.17, 15) is 16.8 Å². The van der Waals surface area contributed by atoms with Gasteiger partial charge in [0.25, 0.3) is 0 Å². The lowest BCUT2D eigenvalue weighted by molar-refractivity contribution is 0.578. The number of hydrogen-bond donors (Lipinski definition) is 3. The summed E-state index contributed by atoms with van der Waals surface area (Å²) in [6.07, 6.45) is 1.60. The molecule has 1 heterocycles. The summed E-state index contributed by atoms with van der Waals surface area (Å²) in [4.78, 5) is 7.18. The minimum Gasteiger partial charge on any atom is -0.341 e. The second-order valence-electron chi connectivity index (χ2n) is 6.40. The largest absolute Gasteiger partial charge is 0.341 e. The van der Waals surface area contributed by atoms with Crippen LogP contribution in [0.4, 0.5) is 0 Å². The lowest BCUT2D eigenvalue weighted by Crippen LogP contribution is -2.27. The predicted molar refractivity (Wildman–Crippen MR) is 99.9 cm³/mol. The molecular formula is C17H18N4O4S2. The van der Waals surface area contributed by atoms with Gasteiger partial charge in [-0.25, -0.2) is 31.3 Å². The summed E-state index contributed by atoms with van der Waals surface area (Å²) in [6, 6.07) is 12.6. The molecule has 0 aliphatic heterocycles. The van der Waals surface area contributed by atoms with Crippen molar-refractivity contribution in [3.8, 4) is 0 Å². The first-order valence-corrected chi connectivity index (χ1v) is 11.4. The number of imidazole rings is 1. The van der Waals surface area contributed by atoms with E-state index in [1.165, 1.54) is 18.2 Å². The fraction of sp³-hybridized carbons (Fsp3) is 0.235. The SMILES string of the molecule is O=S(=O)(NCc1nc2ccccc2[nH]1)c1cccc(S(=O)(=O)NC2CC2)c1. The van der Waals surface area contributed by atoms with Gasteiger partial charge in [-0.2, -0.15) is 0 Å². The molecule has 0 saturated heterocycles. The molecule has 0 amide bonds. The maximum absolute atomic E-state index is 12.6. The van der Waals surface area contributed by atoms with E-state index in [-0.39, 0.29) is 22.4 Å². The van der Waals surface area contributed by atoms with Crippen LogP contribution in [-0.2, 0) is 26.6 Å². The van der Waals surface area contributed by atoms with E-state index in [0.717, 1.165) is 29.9 Å². The number of nitrogens with zero attached hydrogens (tertiary/aromatic N) is 1. The van der Waals surface area contributed by atoms with E-state index in [1.54, 1.807) is 0 Å². The number of fused-ring (bicyclic) bond motifs is 1. The quantitative estimate of drug-likeness (QED) is 0.549. The monoisotopic (exact) mass is 406 g/mol. The minimum atomic E-state index is -3.89. The molecule has 0 radical (unpaired) electrons. The highest BCUT2D eigenvalue weighted by molar-refractivity contribution is 7.90. The number of H-pyrrole nitrogens is 1. The summed E-state index contributed by atoms with van der Waals surface area (Å²) in [6.45, 7) is -0.0334. The van der Waals surface area contributed by atoms with Gasteiger partial charge in [-0.15, -0.1) is 0 Å². The van der Waals surface area contributed by atoms with Crippen LogP contribution >= 0.6 is 0 Å². The molecule has 3 aromatic rings. The van der Waals surface area contributed by atoms with Crippen molar-refractivity contribution >= 4 is 31.1 Å². The normalized spacial score (nSPS) is 15.3. The molecule has 1 aromatic heterocycles. The van der Waals surface area contributed by atoms with Crippen molar-refractivity contribution in [3.05, 3.63) is 54.4 Å². The minimum absolute atomic E-state index is 0.0334. The molecule has 0 atom stereocenters. The van der Waals surface area contributed by atoms with E-state index in [2.05, 4.69) is 19.4 Å². The van der Waals surface area contributed by atoms with Crippen LogP contribution in [0.2, 0.25) is 0 Å². The van der Waals surface area contributed by atoms with Crippen LogP contribution in [0, 0.1) is 0 Å². The third-order valence-corrected chi connectivity index (χ3v) is 7.11. The average Bonchev–Trinajstić information content (AvgIpc) is 3.34. The Bertz CT molecular complexity index is 1170. The van der Waals surface area contributed by atoms with Gasteiger partial charge in [-0.3, -0.25) is 0 Å². The fourth-order valence-electron chi connectivity index (χ4n) is 2.63. The van der Waals surface area contributed by atoms with Gasteiger partial charge in [-0.1, -0.05) is 18.2 Å². The molecular weight excluding hydrogens is 388 g/mol. The summed E-state index contributed by atoms with van der Waals surface area (Å²) in [5.74, 6) is 0.471. The summed E-state index contributed by atoms with van der Waals surface area (Å²) in [7, 11) is -7.62. The first-order chi connectivity index (χ1) is 12.8. The van der Waals surface area contributed by atoms with Crippen molar-refractivity contribution in [2.45, 2.75) is 35.2 Å². The van der Waals surface area contributed by atoms with E-state index in [1.807, 2.05) is 24.3 Å². The number of aromatic nitrogens is 2. The van der Waals surface area contributed by atoms with Crippen molar-refractivity contribution in [2.24, 2.45) is 0 Å². The van der Waals surface area contributed by atoms with Gasteiger partial charge in [0.1, 0.15) is 5.82 Å². The van der Waals surface area contributed by atoms with Crippen molar-refractivity contribution in [3.63, 3.8) is 0 Å². The van der Waals surface area contributed by atoms with Gasteiger partial charge in [0, 0.05) is 6.04 Å². The molecule has 1 aliphatic rings. The van der Waals surface area contributed by atoms with E-state index in [4.69, 9.17) is 0 Å². The summed E-state index contributed by atoms with van der Waals surface area (Å²) in [5.41, 5.74) is 1.55. The second-order valence-corrected chi connectivity index (χ2v) is 9.88. The molecule has 4 rings (SSSR count). The molecule has 1 aliphatic carbocycles. The van der Waals surface area contributed by atoms with Gasteiger partial charge in [0.2, 0.25) is 20.0 Å². The highest BCUT2D eigenvalue weighted by Crippen LogP contribution is 2.23. The zero-order chi connectivity index (χ0) is 19.1. The fourth-order valence-corrected chi connectivity index (χ4v) is 5.09. The predicted octanol–water partition coefficient (Wildman–Crippen LogP) is 1.48. The van der Waals surface area contributed by atoms with E-state index < -0.39 is 20.0 Å². The van der Waals surface area contributed by atoms with Gasteiger partial charge >= 0.3 is 0 Å². The average molecular weight is 406 g/mol. The van der Waals surface area contributed by atoms with Crippen molar-refractivity contribution in [1.29, 1.82) is 0 Å². The Morgan fingerprint density at radius 2 is 1.67 bits per heavy atom. The van der Waals surface area contributed by atoms with Gasteiger partial charge in [0.05, 0.1) is 27.4 Å². The van der Waals surface area contributed by atoms with Crippen LogP contribution in [0.5, 0.6) is 0 Å². The smallest absolute Gasteiger partial charge is 0.241 e. The van der Waals surface area contributed by atoms with Crippen LogP contribution in [0.1, 0.15) is 18.7 Å². The Hall–Kier alpha value is -2.27. The molecule has 0 bridgehead atoms. The van der Waals surface area contributed by atoms with Crippen LogP contribution in [0.15, 0.2) is 58.3 Å². The Labute approximate surface area is 157 Å². The molecule has 0 spiro atoms. The van der Waals surface area contributed by atoms with Crippen molar-refractivity contribution < 1.29 is 16.8 Å². The number of nitrogens with one attached hydrogen (secondary N) is 3. The molecule has 10 heteroatoms. The maximum Gasteiger partial charge on any atom is 0.241 e. The Balaban J connectivity index is 1.53. The zero-order valence-electron chi connectivity index (χ0n) is 14.2. The summed E-state index contributed by atoms with van der Waals surface area (Å²) >= 11 is 0. The molecule has 1 fully saturated rings. The third kappa shape index (κ3) is 4.03. The number of sulfonamides is 2. The topological polar surface area (TPSA) is 121 Å². The summed E-state index contributed by atoms with van der Waals surface area (Å²) < 4.78 is 54.7. The second kappa shape index (κ2) is 6.71. The number of rotatable bonds is 7. The lowest BCUT2D eigenvalue weighted by Gasteiger charge is -2.09.